The van der Waals surface area contributed by atoms with Crippen molar-refractivity contribution in [1.29, 1.82) is 0 Å². The standard InChI is InChI=1S/C18H19F4NO4/c19-17(20)12(11-5-2-1-3-6-11)13(17)14(24)23-9-4-7-16(27,8-10-23)18(21,22)15(25)26/h1-3,5-6,12-13,27H,4,7-10H2,(H,25,26)/t12-,13+,16?/m1/s1. The van der Waals surface area contributed by atoms with E-state index in [0.29, 0.717) is 5.56 Å². The zero-order chi connectivity index (χ0) is 20.0. The summed E-state index contributed by atoms with van der Waals surface area (Å²) in [5, 5.41) is 18.8. The van der Waals surface area contributed by atoms with E-state index < -0.39 is 60.5 Å². The van der Waals surface area contributed by atoms with Crippen molar-refractivity contribution >= 4 is 11.9 Å². The summed E-state index contributed by atoms with van der Waals surface area (Å²) in [5.74, 6) is -13.8. The third-order valence-corrected chi connectivity index (χ3v) is 5.46. The van der Waals surface area contributed by atoms with Crippen molar-refractivity contribution in [2.75, 3.05) is 13.1 Å². The van der Waals surface area contributed by atoms with Gasteiger partial charge in [0.1, 0.15) is 11.5 Å². The molecule has 1 aliphatic carbocycles. The van der Waals surface area contributed by atoms with Gasteiger partial charge in [-0.2, -0.15) is 8.78 Å². The molecule has 0 aromatic heterocycles. The Bertz CT molecular complexity index is 742. The highest BCUT2D eigenvalue weighted by Gasteiger charge is 2.73. The van der Waals surface area contributed by atoms with Crippen molar-refractivity contribution in [2.45, 2.75) is 42.6 Å². The van der Waals surface area contributed by atoms with Crippen LogP contribution in [0, 0.1) is 5.92 Å². The summed E-state index contributed by atoms with van der Waals surface area (Å²) < 4.78 is 56.1. The van der Waals surface area contributed by atoms with E-state index in [-0.39, 0.29) is 13.0 Å². The predicted octanol–water partition coefficient (Wildman–Crippen LogP) is 2.50. The number of carboxylic acids is 1. The second-order valence-electron chi connectivity index (χ2n) is 7.13. The van der Waals surface area contributed by atoms with Gasteiger partial charge >= 0.3 is 11.9 Å². The van der Waals surface area contributed by atoms with Crippen molar-refractivity contribution in [3.63, 3.8) is 0 Å². The first kappa shape index (κ1) is 19.6. The molecule has 3 rings (SSSR count). The lowest BCUT2D eigenvalue weighted by Gasteiger charge is -2.32. The molecule has 5 nitrogen and oxygen atoms in total. The summed E-state index contributed by atoms with van der Waals surface area (Å²) in [4.78, 5) is 24.4. The van der Waals surface area contributed by atoms with Gasteiger partial charge in [-0.05, 0) is 18.4 Å². The second-order valence-corrected chi connectivity index (χ2v) is 7.13. The van der Waals surface area contributed by atoms with Crippen LogP contribution in [0.4, 0.5) is 17.6 Å². The summed E-state index contributed by atoms with van der Waals surface area (Å²) >= 11 is 0. The number of alkyl halides is 4. The first-order valence-electron chi connectivity index (χ1n) is 8.57. The maximum absolute atomic E-state index is 14.2. The highest BCUT2D eigenvalue weighted by atomic mass is 19.3. The third-order valence-electron chi connectivity index (χ3n) is 5.46. The summed E-state index contributed by atoms with van der Waals surface area (Å²) in [7, 11) is 0. The van der Waals surface area contributed by atoms with Crippen LogP contribution in [0.25, 0.3) is 0 Å². The number of hydrogen-bond donors (Lipinski definition) is 2. The van der Waals surface area contributed by atoms with Crippen molar-refractivity contribution in [3.8, 4) is 0 Å². The van der Waals surface area contributed by atoms with E-state index in [9.17, 15) is 32.3 Å². The summed E-state index contributed by atoms with van der Waals surface area (Å²) in [6, 6.07) is 7.84. The molecule has 0 radical (unpaired) electrons. The average Bonchev–Trinajstić information content (AvgIpc) is 3.25. The SMILES string of the molecule is O=C([C@@H]1[C@@H](c2ccccc2)C1(F)F)N1CCCC(O)(C(F)(F)C(=O)O)CC1. The monoisotopic (exact) mass is 389 g/mol. The maximum atomic E-state index is 14.2. The van der Waals surface area contributed by atoms with Crippen LogP contribution in [0.3, 0.4) is 0 Å². The molecular weight excluding hydrogens is 370 g/mol. The van der Waals surface area contributed by atoms with Gasteiger partial charge < -0.3 is 15.1 Å². The number of hydrogen-bond acceptors (Lipinski definition) is 3. The Hall–Kier alpha value is -2.16. The largest absolute Gasteiger partial charge is 0.477 e. The van der Waals surface area contributed by atoms with Gasteiger partial charge in [0.05, 0.1) is 5.92 Å². The number of nitrogens with zero attached hydrogens (tertiary/aromatic N) is 1. The van der Waals surface area contributed by atoms with Gasteiger partial charge in [0.25, 0.3) is 5.92 Å². The van der Waals surface area contributed by atoms with Crippen LogP contribution in [0.2, 0.25) is 0 Å². The molecule has 1 saturated carbocycles. The number of carboxylic acid groups (broad SMARTS) is 1. The molecule has 1 aromatic rings. The van der Waals surface area contributed by atoms with E-state index in [4.69, 9.17) is 5.11 Å². The topological polar surface area (TPSA) is 77.8 Å². The molecule has 148 valence electrons. The number of carbonyl (C=O) groups excluding carboxylic acids is 1. The van der Waals surface area contributed by atoms with Gasteiger partial charge in [0.15, 0.2) is 0 Å². The van der Waals surface area contributed by atoms with Crippen LogP contribution in [0.15, 0.2) is 30.3 Å². The van der Waals surface area contributed by atoms with Crippen molar-refractivity contribution < 1.29 is 37.4 Å². The Morgan fingerprint density at radius 1 is 1.11 bits per heavy atom. The van der Waals surface area contributed by atoms with Crippen LogP contribution < -0.4 is 0 Å². The maximum Gasteiger partial charge on any atom is 0.377 e. The Labute approximate surface area is 152 Å². The molecule has 2 N–H and O–H groups in total. The Morgan fingerprint density at radius 2 is 1.74 bits per heavy atom. The lowest BCUT2D eigenvalue weighted by atomic mass is 9.88. The van der Waals surface area contributed by atoms with Crippen molar-refractivity contribution in [1.82, 2.24) is 4.90 Å². The molecule has 1 heterocycles. The first-order valence-corrected chi connectivity index (χ1v) is 8.57. The lowest BCUT2D eigenvalue weighted by molar-refractivity contribution is -0.211. The van der Waals surface area contributed by atoms with Crippen LogP contribution in [0.1, 0.15) is 30.7 Å². The first-order chi connectivity index (χ1) is 12.5. The zero-order valence-electron chi connectivity index (χ0n) is 14.2. The van der Waals surface area contributed by atoms with Crippen molar-refractivity contribution in [2.24, 2.45) is 5.92 Å². The summed E-state index contributed by atoms with van der Waals surface area (Å²) in [6.07, 6.45) is -1.36. The third kappa shape index (κ3) is 3.18. The van der Waals surface area contributed by atoms with Crippen LogP contribution in [0.5, 0.6) is 0 Å². The lowest BCUT2D eigenvalue weighted by Crippen LogP contribution is -2.53. The number of aliphatic hydroxyl groups is 1. The predicted molar refractivity (Wildman–Crippen MR) is 85.6 cm³/mol. The van der Waals surface area contributed by atoms with E-state index in [1.54, 1.807) is 18.2 Å². The average molecular weight is 389 g/mol. The molecule has 0 bridgehead atoms. The minimum atomic E-state index is -4.39. The molecular formula is C18H19F4NO4. The fourth-order valence-corrected chi connectivity index (χ4v) is 3.76. The Balaban J connectivity index is 1.73. The smallest absolute Gasteiger partial charge is 0.377 e. The van der Waals surface area contributed by atoms with E-state index in [1.807, 2.05) is 0 Å². The van der Waals surface area contributed by atoms with Gasteiger partial charge in [-0.3, -0.25) is 4.79 Å². The minimum absolute atomic E-state index is 0.0923. The number of carbonyl (C=O) groups is 2. The minimum Gasteiger partial charge on any atom is -0.477 e. The molecule has 1 aliphatic heterocycles. The molecule has 1 unspecified atom stereocenters. The molecule has 2 aliphatic rings. The van der Waals surface area contributed by atoms with Gasteiger partial charge in [-0.25, -0.2) is 13.6 Å². The van der Waals surface area contributed by atoms with Crippen LogP contribution in [-0.4, -0.2) is 57.5 Å². The number of aliphatic carboxylic acids is 1. The molecule has 1 aromatic carbocycles. The zero-order valence-corrected chi connectivity index (χ0v) is 14.2. The molecule has 9 heteroatoms. The number of benzene rings is 1. The molecule has 1 saturated heterocycles. The van der Waals surface area contributed by atoms with Gasteiger partial charge in [0.2, 0.25) is 5.91 Å². The fourth-order valence-electron chi connectivity index (χ4n) is 3.76. The normalized spacial score (nSPS) is 30.5. The van der Waals surface area contributed by atoms with Crippen LogP contribution >= 0.6 is 0 Å². The highest BCUT2D eigenvalue weighted by molar-refractivity contribution is 5.85. The van der Waals surface area contributed by atoms with E-state index in [0.717, 1.165) is 4.90 Å². The summed E-state index contributed by atoms with van der Waals surface area (Å²) in [6.45, 7) is -0.503. The van der Waals surface area contributed by atoms with Gasteiger partial charge in [-0.1, -0.05) is 30.3 Å². The van der Waals surface area contributed by atoms with E-state index in [1.165, 1.54) is 12.1 Å². The highest BCUT2D eigenvalue weighted by Crippen LogP contribution is 2.62. The van der Waals surface area contributed by atoms with Crippen molar-refractivity contribution in [3.05, 3.63) is 35.9 Å². The number of likely N-dealkylation sites (tertiary alicyclic amines) is 1. The number of rotatable bonds is 4. The van der Waals surface area contributed by atoms with Crippen LogP contribution in [-0.2, 0) is 9.59 Å². The van der Waals surface area contributed by atoms with Gasteiger partial charge in [0, 0.05) is 19.5 Å². The fraction of sp³-hybridized carbons (Fsp3) is 0.556. The molecule has 27 heavy (non-hydrogen) atoms. The van der Waals surface area contributed by atoms with Gasteiger partial charge in [-0.15, -0.1) is 0 Å². The van der Waals surface area contributed by atoms with E-state index in [2.05, 4.69) is 0 Å². The molecule has 0 spiro atoms. The second kappa shape index (κ2) is 6.47. The quantitative estimate of drug-likeness (QED) is 0.776. The van der Waals surface area contributed by atoms with E-state index >= 15 is 0 Å². The molecule has 2 fully saturated rings. The number of amides is 1. The number of halogens is 4. The Morgan fingerprint density at radius 3 is 2.33 bits per heavy atom. The molecule has 3 atom stereocenters. The molecule has 1 amide bonds. The Kier molecular flexibility index (Phi) is 4.70. The summed E-state index contributed by atoms with van der Waals surface area (Å²) in [5.41, 5.74) is -2.50.